The second kappa shape index (κ2) is 3.69. The van der Waals surface area contributed by atoms with E-state index in [0.717, 1.165) is 38.4 Å². The van der Waals surface area contributed by atoms with Gasteiger partial charge in [-0.25, -0.2) is 0 Å². The van der Waals surface area contributed by atoms with Crippen molar-refractivity contribution in [3.63, 3.8) is 0 Å². The van der Waals surface area contributed by atoms with Crippen LogP contribution in [0.1, 0.15) is 0 Å². The second-order valence-electron chi connectivity index (χ2n) is 3.09. The zero-order valence-electron chi connectivity index (χ0n) is 7.08. The lowest BCUT2D eigenvalue weighted by molar-refractivity contribution is 0.272. The van der Waals surface area contributed by atoms with Gasteiger partial charge in [-0.15, -0.1) is 5.43 Å². The fourth-order valence-corrected chi connectivity index (χ4v) is 1.48. The number of piperazine rings is 1. The second-order valence-corrected chi connectivity index (χ2v) is 3.09. The maximum atomic E-state index is 4.12. The Morgan fingerprint density at radius 3 is 2.92 bits per heavy atom. The predicted octanol–water partition coefficient (Wildman–Crippen LogP) is -1.30. The molecule has 1 saturated heterocycles. The van der Waals surface area contributed by atoms with E-state index in [1.54, 1.807) is 0 Å². The average Bonchev–Trinajstić information content (AvgIpc) is 2.59. The van der Waals surface area contributed by atoms with Gasteiger partial charge in [-0.2, -0.15) is 0 Å². The Balaban J connectivity index is 1.81. The van der Waals surface area contributed by atoms with Gasteiger partial charge in [-0.05, 0) is 0 Å². The van der Waals surface area contributed by atoms with Crippen LogP contribution >= 0.6 is 0 Å². The van der Waals surface area contributed by atoms with Crippen molar-refractivity contribution in [3.8, 4) is 0 Å². The summed E-state index contributed by atoms with van der Waals surface area (Å²) in [7, 11) is 0. The summed E-state index contributed by atoms with van der Waals surface area (Å²) in [6, 6.07) is 0. The first kappa shape index (κ1) is 7.76. The monoisotopic (exact) mass is 166 g/mol. The third-order valence-electron chi connectivity index (χ3n) is 2.15. The van der Waals surface area contributed by atoms with Gasteiger partial charge in [0.25, 0.3) is 0 Å². The summed E-state index contributed by atoms with van der Waals surface area (Å²) in [4.78, 5) is 2.41. The lowest BCUT2D eigenvalue weighted by atomic mass is 10.3. The van der Waals surface area contributed by atoms with Gasteiger partial charge in [-0.3, -0.25) is 4.90 Å². The highest BCUT2D eigenvalue weighted by molar-refractivity contribution is 5.96. The molecule has 0 bridgehead atoms. The summed E-state index contributed by atoms with van der Waals surface area (Å²) in [6.45, 7) is 5.44. The van der Waals surface area contributed by atoms with Crippen molar-refractivity contribution in [3.05, 3.63) is 12.3 Å². The van der Waals surface area contributed by atoms with Crippen LogP contribution in [0.5, 0.6) is 0 Å². The first-order valence-electron chi connectivity index (χ1n) is 4.37. The van der Waals surface area contributed by atoms with Crippen LogP contribution < -0.4 is 15.8 Å². The molecule has 12 heavy (non-hydrogen) atoms. The van der Waals surface area contributed by atoms with Crippen LogP contribution in [0, 0.1) is 0 Å². The van der Waals surface area contributed by atoms with Gasteiger partial charge in [-0.1, -0.05) is 0 Å². The third kappa shape index (κ3) is 1.84. The lowest BCUT2D eigenvalue weighted by Gasteiger charge is -2.24. The van der Waals surface area contributed by atoms with Crippen LogP contribution in [0.15, 0.2) is 12.3 Å². The summed E-state index contributed by atoms with van der Waals surface area (Å²) >= 11 is 0. The Bertz CT molecular complexity index is 203. The molecular formula is C8H14N4+. The third-order valence-corrected chi connectivity index (χ3v) is 2.15. The van der Waals surface area contributed by atoms with Crippen molar-refractivity contribution in [1.82, 2.24) is 20.7 Å². The highest BCUT2D eigenvalue weighted by Crippen LogP contribution is 1.93. The van der Waals surface area contributed by atoms with Crippen LogP contribution in [0.25, 0.3) is 0 Å². The van der Waals surface area contributed by atoms with Gasteiger partial charge < -0.3 is 5.32 Å². The first-order chi connectivity index (χ1) is 5.95. The van der Waals surface area contributed by atoms with Gasteiger partial charge in [0, 0.05) is 32.3 Å². The molecule has 1 radical (unpaired) electrons. The number of hydrogen-bond donors (Lipinski definition) is 2. The SMILES string of the molecule is C1=CC(CN2CCNCC2)=[N+]N1. The molecule has 0 aliphatic carbocycles. The minimum atomic E-state index is 0.977. The topological polar surface area (TPSA) is 41.4 Å². The number of rotatable bonds is 2. The van der Waals surface area contributed by atoms with Crippen LogP contribution in [0.4, 0.5) is 0 Å². The molecule has 65 valence electrons. The van der Waals surface area contributed by atoms with E-state index >= 15 is 0 Å². The summed E-state index contributed by atoms with van der Waals surface area (Å²) in [6.07, 6.45) is 3.90. The Morgan fingerprint density at radius 1 is 1.42 bits per heavy atom. The molecule has 0 unspecified atom stereocenters. The maximum absolute atomic E-state index is 4.12. The van der Waals surface area contributed by atoms with Gasteiger partial charge >= 0.3 is 5.71 Å². The van der Waals surface area contributed by atoms with Crippen molar-refractivity contribution < 1.29 is 0 Å². The standard InChI is InChI=1S/C8H14N4/c1-2-10-11-8(1)7-12-5-3-9-4-6-12/h1-2,9-10H,3-7H2/q+1. The van der Waals surface area contributed by atoms with E-state index in [0.29, 0.717) is 0 Å². The zero-order valence-corrected chi connectivity index (χ0v) is 7.08. The molecule has 2 N–H and O–H groups in total. The molecule has 2 aliphatic heterocycles. The van der Waals surface area contributed by atoms with E-state index in [9.17, 15) is 0 Å². The number of hydrogen-bond acceptors (Lipinski definition) is 4. The molecule has 0 amide bonds. The highest BCUT2D eigenvalue weighted by Gasteiger charge is 2.18. The van der Waals surface area contributed by atoms with E-state index in [1.807, 2.05) is 12.3 Å². The zero-order chi connectivity index (χ0) is 8.23. The molecule has 0 atom stereocenters. The van der Waals surface area contributed by atoms with Crippen LogP contribution in [-0.2, 0) is 0 Å². The number of nitrogens with one attached hydrogen (secondary N) is 2. The van der Waals surface area contributed by atoms with E-state index in [4.69, 9.17) is 0 Å². The molecule has 0 aromatic heterocycles. The van der Waals surface area contributed by atoms with Crippen LogP contribution in [-0.4, -0.2) is 43.3 Å². The first-order valence-corrected chi connectivity index (χ1v) is 4.37. The van der Waals surface area contributed by atoms with Crippen molar-refractivity contribution in [2.24, 2.45) is 0 Å². The van der Waals surface area contributed by atoms with Gasteiger partial charge in [0.15, 0.2) is 5.10 Å². The lowest BCUT2D eigenvalue weighted by Crippen LogP contribution is -2.45. The van der Waals surface area contributed by atoms with E-state index in [-0.39, 0.29) is 0 Å². The normalized spacial score (nSPS) is 23.8. The van der Waals surface area contributed by atoms with E-state index in [1.165, 1.54) is 0 Å². The molecule has 0 aromatic carbocycles. The summed E-state index contributed by atoms with van der Waals surface area (Å²) in [5.74, 6) is 0. The molecule has 2 rings (SSSR count). The van der Waals surface area contributed by atoms with Crippen molar-refractivity contribution in [1.29, 1.82) is 0 Å². The largest absolute Gasteiger partial charge is 0.314 e. The summed E-state index contributed by atoms with van der Waals surface area (Å²) in [5.41, 5.74) is 3.96. The molecule has 0 saturated carbocycles. The fraction of sp³-hybridized carbons (Fsp3) is 0.625. The van der Waals surface area contributed by atoms with Gasteiger partial charge in [0.2, 0.25) is 0 Å². The smallest absolute Gasteiger partial charge is 0.302 e. The summed E-state index contributed by atoms with van der Waals surface area (Å²) in [5, 5.41) is 7.45. The van der Waals surface area contributed by atoms with Crippen molar-refractivity contribution >= 4 is 5.71 Å². The van der Waals surface area contributed by atoms with Crippen molar-refractivity contribution in [2.45, 2.75) is 0 Å². The van der Waals surface area contributed by atoms with Crippen LogP contribution in [0.3, 0.4) is 0 Å². The molecule has 2 aliphatic rings. The molecule has 4 heteroatoms. The predicted molar refractivity (Wildman–Crippen MR) is 48.7 cm³/mol. The minimum absolute atomic E-state index is 0.977. The highest BCUT2D eigenvalue weighted by atomic mass is 15.3. The number of nitrogens with zero attached hydrogens (tertiary/aromatic N) is 2. The fourth-order valence-electron chi connectivity index (χ4n) is 1.48. The average molecular weight is 166 g/mol. The Hall–Kier alpha value is -0.870. The van der Waals surface area contributed by atoms with Gasteiger partial charge in [0.05, 0.1) is 12.7 Å². The Morgan fingerprint density at radius 2 is 2.25 bits per heavy atom. The molecule has 2 heterocycles. The Kier molecular flexibility index (Phi) is 2.39. The minimum Gasteiger partial charge on any atom is -0.314 e. The number of hydrazone groups is 1. The quantitative estimate of drug-likeness (QED) is 0.536. The summed E-state index contributed by atoms with van der Waals surface area (Å²) < 4.78 is 0. The van der Waals surface area contributed by atoms with Gasteiger partial charge in [0.1, 0.15) is 0 Å². The van der Waals surface area contributed by atoms with Crippen molar-refractivity contribution in [2.75, 3.05) is 32.7 Å². The van der Waals surface area contributed by atoms with Crippen LogP contribution in [0.2, 0.25) is 0 Å². The van der Waals surface area contributed by atoms with E-state index in [2.05, 4.69) is 20.7 Å². The molecule has 0 spiro atoms. The molecular weight excluding hydrogens is 152 g/mol. The Labute approximate surface area is 72.3 Å². The molecule has 4 nitrogen and oxygen atoms in total. The van der Waals surface area contributed by atoms with E-state index < -0.39 is 0 Å². The molecule has 0 aromatic rings. The molecule has 1 fully saturated rings. The maximum Gasteiger partial charge on any atom is 0.302 e.